The van der Waals surface area contributed by atoms with Crippen LogP contribution in [-0.4, -0.2) is 58.1 Å². The van der Waals surface area contributed by atoms with E-state index in [4.69, 9.17) is 0 Å². The molecule has 1 saturated heterocycles. The number of H-pyrrole nitrogens is 1. The van der Waals surface area contributed by atoms with Crippen LogP contribution < -0.4 is 5.56 Å². The van der Waals surface area contributed by atoms with E-state index in [0.29, 0.717) is 36.6 Å². The van der Waals surface area contributed by atoms with Crippen LogP contribution in [0, 0.1) is 5.82 Å². The standard InChI is InChI=1S/C24H27FN4O2/c1-16(2)28-10-5-11-29(13-12-28)24(31)20-14-17(8-9-21(20)25)15-22-18-6-3-4-7-19(18)23(30)27-26-22/h3-4,6-9,14,16H,5,10-13,15H2,1-2H3,(H,27,30). The van der Waals surface area contributed by atoms with Gasteiger partial charge in [0, 0.05) is 44.0 Å². The van der Waals surface area contributed by atoms with Crippen LogP contribution in [0.5, 0.6) is 0 Å². The highest BCUT2D eigenvalue weighted by Gasteiger charge is 2.24. The van der Waals surface area contributed by atoms with Crippen molar-refractivity contribution in [2.45, 2.75) is 32.7 Å². The second-order valence-electron chi connectivity index (χ2n) is 8.31. The fourth-order valence-corrected chi connectivity index (χ4v) is 4.17. The van der Waals surface area contributed by atoms with Crippen molar-refractivity contribution in [2.24, 2.45) is 0 Å². The summed E-state index contributed by atoms with van der Waals surface area (Å²) in [5.74, 6) is -0.790. The minimum absolute atomic E-state index is 0.0872. The topological polar surface area (TPSA) is 69.3 Å². The fourth-order valence-electron chi connectivity index (χ4n) is 4.17. The van der Waals surface area contributed by atoms with Gasteiger partial charge in [0.25, 0.3) is 11.5 Å². The summed E-state index contributed by atoms with van der Waals surface area (Å²) < 4.78 is 14.6. The lowest BCUT2D eigenvalue weighted by atomic mass is 10.0. The highest BCUT2D eigenvalue weighted by Crippen LogP contribution is 2.20. The van der Waals surface area contributed by atoms with E-state index < -0.39 is 5.82 Å². The van der Waals surface area contributed by atoms with Gasteiger partial charge in [-0.3, -0.25) is 14.5 Å². The van der Waals surface area contributed by atoms with E-state index in [1.54, 1.807) is 29.2 Å². The zero-order valence-electron chi connectivity index (χ0n) is 17.9. The number of carbonyl (C=O) groups excluding carboxylic acids is 1. The smallest absolute Gasteiger partial charge is 0.272 e. The van der Waals surface area contributed by atoms with Crippen molar-refractivity contribution < 1.29 is 9.18 Å². The Morgan fingerprint density at radius 3 is 2.65 bits per heavy atom. The summed E-state index contributed by atoms with van der Waals surface area (Å²) in [7, 11) is 0. The number of nitrogens with one attached hydrogen (secondary N) is 1. The normalized spacial score (nSPS) is 15.4. The minimum Gasteiger partial charge on any atom is -0.337 e. The molecule has 2 aromatic carbocycles. The molecule has 3 aromatic rings. The Morgan fingerprint density at radius 1 is 1.10 bits per heavy atom. The Bertz CT molecular complexity index is 1160. The van der Waals surface area contributed by atoms with Gasteiger partial charge in [-0.2, -0.15) is 5.10 Å². The van der Waals surface area contributed by atoms with Crippen LogP contribution in [0.15, 0.2) is 47.3 Å². The largest absolute Gasteiger partial charge is 0.337 e. The predicted molar refractivity (Wildman–Crippen MR) is 119 cm³/mol. The van der Waals surface area contributed by atoms with Gasteiger partial charge in [0.2, 0.25) is 0 Å². The van der Waals surface area contributed by atoms with E-state index >= 15 is 0 Å². The van der Waals surface area contributed by atoms with Gasteiger partial charge in [-0.15, -0.1) is 0 Å². The van der Waals surface area contributed by atoms with Gasteiger partial charge in [0.05, 0.1) is 16.6 Å². The molecule has 1 N–H and O–H groups in total. The Hall–Kier alpha value is -3.06. The van der Waals surface area contributed by atoms with E-state index in [0.717, 1.165) is 30.5 Å². The van der Waals surface area contributed by atoms with Crippen LogP contribution in [0.2, 0.25) is 0 Å². The first-order valence-corrected chi connectivity index (χ1v) is 10.7. The maximum absolute atomic E-state index is 14.6. The fraction of sp³-hybridized carbons (Fsp3) is 0.375. The van der Waals surface area contributed by atoms with Crippen molar-refractivity contribution >= 4 is 16.7 Å². The van der Waals surface area contributed by atoms with Crippen molar-refractivity contribution in [1.82, 2.24) is 20.0 Å². The number of nitrogens with zero attached hydrogens (tertiary/aromatic N) is 3. The number of rotatable bonds is 4. The van der Waals surface area contributed by atoms with E-state index in [-0.39, 0.29) is 17.0 Å². The number of halogens is 1. The zero-order valence-corrected chi connectivity index (χ0v) is 17.9. The lowest BCUT2D eigenvalue weighted by molar-refractivity contribution is 0.0754. The van der Waals surface area contributed by atoms with Gasteiger partial charge in [-0.05, 0) is 44.0 Å². The van der Waals surface area contributed by atoms with Gasteiger partial charge in [0.15, 0.2) is 0 Å². The maximum Gasteiger partial charge on any atom is 0.272 e. The molecule has 2 heterocycles. The second kappa shape index (κ2) is 8.98. The molecule has 6 nitrogen and oxygen atoms in total. The molecular weight excluding hydrogens is 395 g/mol. The first-order valence-electron chi connectivity index (χ1n) is 10.7. The van der Waals surface area contributed by atoms with Crippen LogP contribution in [0.3, 0.4) is 0 Å². The summed E-state index contributed by atoms with van der Waals surface area (Å²) in [4.78, 5) is 29.2. The number of hydrogen-bond acceptors (Lipinski definition) is 4. The molecule has 1 fully saturated rings. The molecule has 0 spiro atoms. The van der Waals surface area contributed by atoms with Crippen molar-refractivity contribution in [1.29, 1.82) is 0 Å². The van der Waals surface area contributed by atoms with Crippen molar-refractivity contribution in [2.75, 3.05) is 26.2 Å². The Kier molecular flexibility index (Phi) is 6.13. The number of carbonyl (C=O) groups is 1. The van der Waals surface area contributed by atoms with Crippen LogP contribution in [0.25, 0.3) is 10.8 Å². The maximum atomic E-state index is 14.6. The van der Waals surface area contributed by atoms with Crippen LogP contribution in [0.1, 0.15) is 41.9 Å². The molecule has 7 heteroatoms. The van der Waals surface area contributed by atoms with E-state index in [1.165, 1.54) is 6.07 Å². The molecule has 31 heavy (non-hydrogen) atoms. The molecule has 4 rings (SSSR count). The minimum atomic E-state index is -0.516. The van der Waals surface area contributed by atoms with Gasteiger partial charge in [-0.1, -0.05) is 24.3 Å². The molecule has 1 aliphatic heterocycles. The molecule has 0 atom stereocenters. The van der Waals surface area contributed by atoms with Gasteiger partial charge in [-0.25, -0.2) is 9.49 Å². The van der Waals surface area contributed by atoms with Gasteiger partial charge in [0.1, 0.15) is 5.82 Å². The predicted octanol–water partition coefficient (Wildman–Crippen LogP) is 3.21. The molecule has 1 aromatic heterocycles. The number of aromatic amines is 1. The van der Waals surface area contributed by atoms with Crippen molar-refractivity contribution in [3.63, 3.8) is 0 Å². The summed E-state index contributed by atoms with van der Waals surface area (Å²) in [5, 5.41) is 8.03. The van der Waals surface area contributed by atoms with Gasteiger partial charge < -0.3 is 4.90 Å². The Balaban J connectivity index is 1.59. The third kappa shape index (κ3) is 4.51. The van der Waals surface area contributed by atoms with Crippen LogP contribution in [-0.2, 0) is 6.42 Å². The average Bonchev–Trinajstić information content (AvgIpc) is 3.03. The molecular formula is C24H27FN4O2. The Labute approximate surface area is 180 Å². The SMILES string of the molecule is CC(C)N1CCCN(C(=O)c2cc(Cc3n[nH]c(=O)c4ccccc34)ccc2F)CC1. The summed E-state index contributed by atoms with van der Waals surface area (Å²) >= 11 is 0. The molecule has 0 unspecified atom stereocenters. The number of benzene rings is 2. The Morgan fingerprint density at radius 2 is 1.87 bits per heavy atom. The van der Waals surface area contributed by atoms with E-state index in [2.05, 4.69) is 28.9 Å². The number of aromatic nitrogens is 2. The lowest BCUT2D eigenvalue weighted by Gasteiger charge is -2.25. The summed E-state index contributed by atoms with van der Waals surface area (Å²) in [6.07, 6.45) is 1.26. The summed E-state index contributed by atoms with van der Waals surface area (Å²) in [5.41, 5.74) is 1.30. The van der Waals surface area contributed by atoms with Crippen molar-refractivity contribution in [3.05, 3.63) is 75.5 Å². The molecule has 0 saturated carbocycles. The van der Waals surface area contributed by atoms with E-state index in [1.807, 2.05) is 12.1 Å². The second-order valence-corrected chi connectivity index (χ2v) is 8.31. The van der Waals surface area contributed by atoms with Crippen LogP contribution in [0.4, 0.5) is 4.39 Å². The molecule has 0 bridgehead atoms. The monoisotopic (exact) mass is 422 g/mol. The highest BCUT2D eigenvalue weighted by molar-refractivity contribution is 5.94. The summed E-state index contributed by atoms with van der Waals surface area (Å²) in [6.45, 7) is 7.24. The van der Waals surface area contributed by atoms with Gasteiger partial charge >= 0.3 is 0 Å². The average molecular weight is 423 g/mol. The quantitative estimate of drug-likeness (QED) is 0.701. The number of amides is 1. The third-order valence-electron chi connectivity index (χ3n) is 5.96. The molecule has 162 valence electrons. The van der Waals surface area contributed by atoms with E-state index in [9.17, 15) is 14.0 Å². The molecule has 0 aliphatic carbocycles. The summed E-state index contributed by atoms with van der Waals surface area (Å²) in [6, 6.07) is 12.3. The molecule has 1 aliphatic rings. The first-order chi connectivity index (χ1) is 14.9. The highest BCUT2D eigenvalue weighted by atomic mass is 19.1. The molecule has 0 radical (unpaired) electrons. The number of hydrogen-bond donors (Lipinski definition) is 1. The first kappa shape index (κ1) is 21.2. The third-order valence-corrected chi connectivity index (χ3v) is 5.96. The van der Waals surface area contributed by atoms with Crippen molar-refractivity contribution in [3.8, 4) is 0 Å². The zero-order chi connectivity index (χ0) is 22.0. The lowest BCUT2D eigenvalue weighted by Crippen LogP contribution is -2.37. The number of fused-ring (bicyclic) bond motifs is 1. The van der Waals surface area contributed by atoms with Crippen LogP contribution >= 0.6 is 0 Å². The molecule has 1 amide bonds.